The van der Waals surface area contributed by atoms with E-state index in [-0.39, 0.29) is 0 Å². The highest BCUT2D eigenvalue weighted by molar-refractivity contribution is 7.97. The number of benzene rings is 1. The Labute approximate surface area is 83.7 Å². The average molecular weight is 193 g/mol. The first-order valence-corrected chi connectivity index (χ1v) is 6.88. The zero-order valence-corrected chi connectivity index (χ0v) is 9.02. The van der Waals surface area contributed by atoms with Gasteiger partial charge in [-0.3, -0.25) is 0 Å². The van der Waals surface area contributed by atoms with Crippen molar-refractivity contribution in [3.8, 4) is 0 Å². The second-order valence-electron chi connectivity index (χ2n) is 3.85. The van der Waals surface area contributed by atoms with E-state index in [1.54, 1.807) is 0 Å². The lowest BCUT2D eigenvalue weighted by atomic mass is 10.1. The Morgan fingerprint density at radius 2 is 2.08 bits per heavy atom. The molecule has 13 heavy (non-hydrogen) atoms. The SMILES string of the molecule is C[S+]1CCCC1Cc1ccccc1. The van der Waals surface area contributed by atoms with Gasteiger partial charge in [-0.25, -0.2) is 0 Å². The summed E-state index contributed by atoms with van der Waals surface area (Å²) in [6, 6.07) is 10.9. The number of hydrogen-bond donors (Lipinski definition) is 0. The van der Waals surface area contributed by atoms with Crippen LogP contribution >= 0.6 is 0 Å². The van der Waals surface area contributed by atoms with Crippen molar-refractivity contribution in [2.75, 3.05) is 12.0 Å². The number of hydrogen-bond acceptors (Lipinski definition) is 0. The van der Waals surface area contributed by atoms with Gasteiger partial charge in [0.05, 0.1) is 6.26 Å². The van der Waals surface area contributed by atoms with Gasteiger partial charge in [-0.1, -0.05) is 30.3 Å². The van der Waals surface area contributed by atoms with Crippen molar-refractivity contribution < 1.29 is 0 Å². The van der Waals surface area contributed by atoms with Crippen molar-refractivity contribution >= 4 is 10.9 Å². The highest BCUT2D eigenvalue weighted by atomic mass is 32.2. The molecule has 0 nitrogen and oxygen atoms in total. The summed E-state index contributed by atoms with van der Waals surface area (Å²) in [6.07, 6.45) is 6.65. The fourth-order valence-electron chi connectivity index (χ4n) is 2.03. The smallest absolute Gasteiger partial charge is 0.0622 e. The zero-order valence-electron chi connectivity index (χ0n) is 8.20. The van der Waals surface area contributed by atoms with Crippen LogP contribution in [-0.2, 0) is 17.3 Å². The lowest BCUT2D eigenvalue weighted by Crippen LogP contribution is -2.17. The maximum absolute atomic E-state index is 2.43. The van der Waals surface area contributed by atoms with Crippen LogP contribution in [0.3, 0.4) is 0 Å². The molecule has 0 N–H and O–H groups in total. The van der Waals surface area contributed by atoms with Gasteiger partial charge in [-0.2, -0.15) is 0 Å². The van der Waals surface area contributed by atoms with E-state index in [2.05, 4.69) is 36.6 Å². The highest BCUT2D eigenvalue weighted by Gasteiger charge is 2.31. The van der Waals surface area contributed by atoms with E-state index in [1.165, 1.54) is 30.6 Å². The largest absolute Gasteiger partial charge is 0.122 e. The summed E-state index contributed by atoms with van der Waals surface area (Å²) in [4.78, 5) is 0. The maximum atomic E-state index is 2.43. The van der Waals surface area contributed by atoms with Gasteiger partial charge in [0.25, 0.3) is 0 Å². The molecule has 1 aromatic rings. The van der Waals surface area contributed by atoms with Crippen molar-refractivity contribution in [3.05, 3.63) is 35.9 Å². The minimum Gasteiger partial charge on any atom is -0.0622 e. The molecule has 1 aromatic carbocycles. The second-order valence-corrected chi connectivity index (χ2v) is 6.31. The molecule has 1 saturated heterocycles. The Kier molecular flexibility index (Phi) is 2.94. The molecule has 2 atom stereocenters. The van der Waals surface area contributed by atoms with Crippen molar-refractivity contribution in [3.63, 3.8) is 0 Å². The van der Waals surface area contributed by atoms with Crippen LogP contribution in [0.15, 0.2) is 30.3 Å². The van der Waals surface area contributed by atoms with Crippen molar-refractivity contribution in [1.29, 1.82) is 0 Å². The fourth-order valence-corrected chi connectivity index (χ4v) is 4.03. The Morgan fingerprint density at radius 1 is 1.31 bits per heavy atom. The topological polar surface area (TPSA) is 0 Å². The normalized spacial score (nSPS) is 27.8. The fraction of sp³-hybridized carbons (Fsp3) is 0.500. The zero-order chi connectivity index (χ0) is 9.10. The predicted molar refractivity (Wildman–Crippen MR) is 61.3 cm³/mol. The summed E-state index contributed by atoms with van der Waals surface area (Å²) in [7, 11) is 0.689. The van der Waals surface area contributed by atoms with Crippen LogP contribution in [-0.4, -0.2) is 17.3 Å². The van der Waals surface area contributed by atoms with Crippen LogP contribution in [0.4, 0.5) is 0 Å². The predicted octanol–water partition coefficient (Wildman–Crippen LogP) is 2.64. The van der Waals surface area contributed by atoms with Crippen LogP contribution < -0.4 is 0 Å². The second kappa shape index (κ2) is 4.19. The van der Waals surface area contributed by atoms with Gasteiger partial charge >= 0.3 is 0 Å². The average Bonchev–Trinajstić information content (AvgIpc) is 2.54. The summed E-state index contributed by atoms with van der Waals surface area (Å²) in [5.41, 5.74) is 1.52. The molecular weight excluding hydrogens is 176 g/mol. The molecular formula is C12H17S+. The Morgan fingerprint density at radius 3 is 2.69 bits per heavy atom. The molecule has 0 spiro atoms. The standard InChI is InChI=1S/C12H17S/c1-13-9-5-8-12(13)10-11-6-3-2-4-7-11/h2-4,6-7,12H,5,8-10H2,1H3/q+1. The van der Waals surface area contributed by atoms with E-state index in [1.807, 2.05) is 0 Å². The van der Waals surface area contributed by atoms with Gasteiger partial charge in [-0.15, -0.1) is 0 Å². The van der Waals surface area contributed by atoms with Crippen LogP contribution in [0.25, 0.3) is 0 Å². The molecule has 2 rings (SSSR count). The summed E-state index contributed by atoms with van der Waals surface area (Å²) >= 11 is 0. The Balaban J connectivity index is 1.98. The van der Waals surface area contributed by atoms with Crippen LogP contribution in [0.5, 0.6) is 0 Å². The molecule has 1 aliphatic heterocycles. The molecule has 0 radical (unpaired) electrons. The minimum absolute atomic E-state index is 0.689. The summed E-state index contributed by atoms with van der Waals surface area (Å²) in [6.45, 7) is 0. The van der Waals surface area contributed by atoms with Gasteiger partial charge in [-0.05, 0) is 29.3 Å². The van der Waals surface area contributed by atoms with E-state index in [4.69, 9.17) is 0 Å². The maximum Gasteiger partial charge on any atom is 0.122 e. The highest BCUT2D eigenvalue weighted by Crippen LogP contribution is 2.23. The molecule has 0 aliphatic carbocycles. The van der Waals surface area contributed by atoms with Gasteiger partial charge in [0.1, 0.15) is 11.0 Å². The molecule has 0 bridgehead atoms. The lowest BCUT2D eigenvalue weighted by Gasteiger charge is -2.07. The van der Waals surface area contributed by atoms with E-state index in [9.17, 15) is 0 Å². The molecule has 1 fully saturated rings. The third-order valence-electron chi connectivity index (χ3n) is 2.87. The quantitative estimate of drug-likeness (QED) is 0.633. The van der Waals surface area contributed by atoms with Gasteiger partial charge in [0.15, 0.2) is 0 Å². The Bertz CT molecular complexity index is 255. The van der Waals surface area contributed by atoms with Gasteiger partial charge in [0.2, 0.25) is 0 Å². The van der Waals surface area contributed by atoms with Crippen molar-refractivity contribution in [2.24, 2.45) is 0 Å². The first kappa shape index (κ1) is 9.14. The van der Waals surface area contributed by atoms with E-state index in [0.717, 1.165) is 5.25 Å². The van der Waals surface area contributed by atoms with Gasteiger partial charge < -0.3 is 0 Å². The molecule has 0 saturated carbocycles. The third-order valence-corrected chi connectivity index (χ3v) is 5.34. The summed E-state index contributed by atoms with van der Waals surface area (Å²) in [5, 5.41) is 0.974. The monoisotopic (exact) mass is 193 g/mol. The van der Waals surface area contributed by atoms with E-state index >= 15 is 0 Å². The summed E-state index contributed by atoms with van der Waals surface area (Å²) < 4.78 is 0. The van der Waals surface area contributed by atoms with Crippen molar-refractivity contribution in [1.82, 2.24) is 0 Å². The van der Waals surface area contributed by atoms with Crippen LogP contribution in [0.2, 0.25) is 0 Å². The molecule has 0 aromatic heterocycles. The minimum atomic E-state index is 0.689. The molecule has 0 amide bonds. The van der Waals surface area contributed by atoms with Crippen LogP contribution in [0.1, 0.15) is 18.4 Å². The molecule has 1 heteroatoms. The first-order valence-electron chi connectivity index (χ1n) is 5.01. The molecule has 1 heterocycles. The lowest BCUT2D eigenvalue weighted by molar-refractivity contribution is 0.775. The molecule has 70 valence electrons. The Hall–Kier alpha value is -0.430. The van der Waals surface area contributed by atoms with Crippen LogP contribution in [0, 0.1) is 0 Å². The number of rotatable bonds is 2. The summed E-state index contributed by atoms with van der Waals surface area (Å²) in [5.74, 6) is 1.47. The van der Waals surface area contributed by atoms with E-state index in [0.29, 0.717) is 10.9 Å². The van der Waals surface area contributed by atoms with E-state index < -0.39 is 0 Å². The van der Waals surface area contributed by atoms with Gasteiger partial charge in [0, 0.05) is 6.42 Å². The molecule has 2 unspecified atom stereocenters. The first-order chi connectivity index (χ1) is 6.36. The third kappa shape index (κ3) is 2.28. The van der Waals surface area contributed by atoms with Crippen molar-refractivity contribution in [2.45, 2.75) is 24.5 Å². The molecule has 1 aliphatic rings.